The van der Waals surface area contributed by atoms with Crippen molar-refractivity contribution in [3.8, 4) is 33.2 Å². The Morgan fingerprint density at radius 2 is 1.89 bits per heavy atom. The molecule has 6 aromatic heterocycles. The van der Waals surface area contributed by atoms with E-state index >= 15 is 0 Å². The van der Waals surface area contributed by atoms with Crippen LogP contribution in [0.3, 0.4) is 0 Å². The Morgan fingerprint density at radius 1 is 0.971 bits per heavy atom. The molecule has 1 aliphatic heterocycles. The number of hydrogen-bond acceptors (Lipinski definition) is 7. The summed E-state index contributed by atoms with van der Waals surface area (Å²) in [5.41, 5.74) is 7.50. The number of nitrogens with zero attached hydrogens (tertiary/aromatic N) is 6. The van der Waals surface area contributed by atoms with Gasteiger partial charge in [-0.3, -0.25) is 25.0 Å². The lowest BCUT2D eigenvalue weighted by molar-refractivity contribution is 0.331. The summed E-state index contributed by atoms with van der Waals surface area (Å²) in [7, 11) is 0. The average molecular weight is 479 g/mol. The Morgan fingerprint density at radius 3 is 2.77 bits per heavy atom. The Bertz CT molecular complexity index is 1640. The number of pyridine rings is 3. The molecule has 172 valence electrons. The van der Waals surface area contributed by atoms with Crippen LogP contribution in [0.5, 0.6) is 0 Å². The molecule has 2 N–H and O–H groups in total. The first-order valence-corrected chi connectivity index (χ1v) is 12.6. The molecule has 0 bridgehead atoms. The van der Waals surface area contributed by atoms with E-state index in [2.05, 4.69) is 58.6 Å². The van der Waals surface area contributed by atoms with Crippen molar-refractivity contribution < 1.29 is 0 Å². The summed E-state index contributed by atoms with van der Waals surface area (Å²) in [5.74, 6) is 0.704. The quantitative estimate of drug-likeness (QED) is 0.350. The largest absolute Gasteiger partial charge is 0.335 e. The van der Waals surface area contributed by atoms with Crippen LogP contribution >= 0.6 is 11.3 Å². The molecule has 0 unspecified atom stereocenters. The molecular weight excluding hydrogens is 456 g/mol. The van der Waals surface area contributed by atoms with Gasteiger partial charge in [0, 0.05) is 46.5 Å². The second-order valence-electron chi connectivity index (χ2n) is 8.90. The smallest absolute Gasteiger partial charge is 0.159 e. The summed E-state index contributed by atoms with van der Waals surface area (Å²) in [6.07, 6.45) is 11.9. The number of nitrogens with one attached hydrogen (secondary N) is 2. The summed E-state index contributed by atoms with van der Waals surface area (Å²) in [5, 5.41) is 10.7. The van der Waals surface area contributed by atoms with Crippen molar-refractivity contribution in [2.24, 2.45) is 0 Å². The third-order valence-electron chi connectivity index (χ3n) is 6.55. The predicted molar refractivity (Wildman–Crippen MR) is 138 cm³/mol. The average Bonchev–Trinajstić information content (AvgIpc) is 3.70. The highest BCUT2D eigenvalue weighted by molar-refractivity contribution is 7.13. The fraction of sp³-hybridized carbons (Fsp3) is 0.192. The van der Waals surface area contributed by atoms with Gasteiger partial charge in [0.2, 0.25) is 0 Å². The summed E-state index contributed by atoms with van der Waals surface area (Å²) >= 11 is 1.68. The SMILES string of the molecule is c1csc(-c2cncc3[nH]c(-c4n[nH]c5cnc(-c6cncc(CN7CCCC7)c6)cc45)nc23)c1. The van der Waals surface area contributed by atoms with Gasteiger partial charge in [-0.25, -0.2) is 4.98 Å². The molecular formula is C26H22N8S. The number of imidazole rings is 1. The molecule has 1 saturated heterocycles. The third kappa shape index (κ3) is 3.69. The van der Waals surface area contributed by atoms with Crippen LogP contribution in [-0.2, 0) is 6.54 Å². The summed E-state index contributed by atoms with van der Waals surface area (Å²) in [6.45, 7) is 3.25. The highest BCUT2D eigenvalue weighted by Crippen LogP contribution is 2.33. The van der Waals surface area contributed by atoms with Gasteiger partial charge in [-0.2, -0.15) is 5.10 Å². The normalized spacial score (nSPS) is 14.4. The molecule has 9 heteroatoms. The summed E-state index contributed by atoms with van der Waals surface area (Å²) < 4.78 is 0. The number of fused-ring (bicyclic) bond motifs is 2. The highest BCUT2D eigenvalue weighted by atomic mass is 32.1. The molecule has 0 aromatic carbocycles. The van der Waals surface area contributed by atoms with Gasteiger partial charge in [-0.05, 0) is 55.1 Å². The number of rotatable bonds is 5. The lowest BCUT2D eigenvalue weighted by Crippen LogP contribution is -2.18. The molecule has 0 aliphatic carbocycles. The van der Waals surface area contributed by atoms with Crippen LogP contribution in [0.2, 0.25) is 0 Å². The van der Waals surface area contributed by atoms with Crippen molar-refractivity contribution in [2.75, 3.05) is 13.1 Å². The van der Waals surface area contributed by atoms with Crippen molar-refractivity contribution in [1.29, 1.82) is 0 Å². The zero-order valence-corrected chi connectivity index (χ0v) is 19.7. The molecule has 1 fully saturated rings. The number of aromatic nitrogens is 7. The Balaban J connectivity index is 1.28. The van der Waals surface area contributed by atoms with Gasteiger partial charge >= 0.3 is 0 Å². The maximum Gasteiger partial charge on any atom is 0.159 e. The number of likely N-dealkylation sites (tertiary alicyclic amines) is 1. The van der Waals surface area contributed by atoms with Crippen LogP contribution in [0.15, 0.2) is 60.6 Å². The van der Waals surface area contributed by atoms with Gasteiger partial charge in [-0.15, -0.1) is 11.3 Å². The van der Waals surface area contributed by atoms with E-state index < -0.39 is 0 Å². The monoisotopic (exact) mass is 478 g/mol. The van der Waals surface area contributed by atoms with E-state index in [4.69, 9.17) is 4.98 Å². The standard InChI is InChI=1S/C26H22N8S/c1-2-6-34(5-1)15-16-8-17(11-27-10-16)20-9-18-21(14-29-20)32-33-25(18)26-30-22-13-28-12-19(24(22)31-26)23-4-3-7-35-23/h3-4,7-14H,1-2,5-6,15H2,(H,30,31)(H,32,33). The molecule has 0 atom stereocenters. The molecule has 0 radical (unpaired) electrons. The molecule has 7 heterocycles. The van der Waals surface area contributed by atoms with E-state index in [1.807, 2.05) is 37.1 Å². The lowest BCUT2D eigenvalue weighted by Gasteiger charge is -2.14. The highest BCUT2D eigenvalue weighted by Gasteiger charge is 2.17. The van der Waals surface area contributed by atoms with Crippen LogP contribution in [0.4, 0.5) is 0 Å². The first kappa shape index (κ1) is 20.4. The predicted octanol–water partition coefficient (Wildman–Crippen LogP) is 5.28. The van der Waals surface area contributed by atoms with E-state index in [0.29, 0.717) is 5.82 Å². The summed E-state index contributed by atoms with van der Waals surface area (Å²) in [6, 6.07) is 8.39. The first-order valence-electron chi connectivity index (χ1n) is 11.7. The molecule has 6 aromatic rings. The van der Waals surface area contributed by atoms with Gasteiger partial charge in [-0.1, -0.05) is 6.07 Å². The number of thiophene rings is 1. The molecule has 7 rings (SSSR count). The zero-order valence-electron chi connectivity index (χ0n) is 18.9. The van der Waals surface area contributed by atoms with Gasteiger partial charge in [0.05, 0.1) is 29.1 Å². The zero-order chi connectivity index (χ0) is 23.2. The van der Waals surface area contributed by atoms with Crippen molar-refractivity contribution in [1.82, 2.24) is 40.0 Å². The van der Waals surface area contributed by atoms with Crippen molar-refractivity contribution >= 4 is 33.3 Å². The van der Waals surface area contributed by atoms with Gasteiger partial charge in [0.1, 0.15) is 11.2 Å². The molecule has 0 amide bonds. The summed E-state index contributed by atoms with van der Waals surface area (Å²) in [4.78, 5) is 25.5. The van der Waals surface area contributed by atoms with Crippen LogP contribution in [0.1, 0.15) is 18.4 Å². The second-order valence-corrected chi connectivity index (χ2v) is 9.85. The first-order chi connectivity index (χ1) is 17.3. The van der Waals surface area contributed by atoms with E-state index in [0.717, 1.165) is 69.0 Å². The molecule has 35 heavy (non-hydrogen) atoms. The molecule has 1 aliphatic rings. The van der Waals surface area contributed by atoms with Crippen LogP contribution in [-0.4, -0.2) is 53.1 Å². The van der Waals surface area contributed by atoms with Crippen molar-refractivity contribution in [3.63, 3.8) is 0 Å². The second kappa shape index (κ2) is 8.37. The Labute approximate surface area is 205 Å². The van der Waals surface area contributed by atoms with Crippen molar-refractivity contribution in [2.45, 2.75) is 19.4 Å². The fourth-order valence-corrected chi connectivity index (χ4v) is 5.56. The maximum absolute atomic E-state index is 4.93. The molecule has 0 spiro atoms. The molecule has 8 nitrogen and oxygen atoms in total. The van der Waals surface area contributed by atoms with E-state index in [1.165, 1.54) is 18.4 Å². The lowest BCUT2D eigenvalue weighted by atomic mass is 10.1. The third-order valence-corrected chi connectivity index (χ3v) is 7.45. The molecule has 0 saturated carbocycles. The van der Waals surface area contributed by atoms with Crippen molar-refractivity contribution in [3.05, 3.63) is 66.2 Å². The van der Waals surface area contributed by atoms with E-state index in [1.54, 1.807) is 11.3 Å². The van der Waals surface area contributed by atoms with Gasteiger partial charge in [0.15, 0.2) is 5.82 Å². The van der Waals surface area contributed by atoms with E-state index in [-0.39, 0.29) is 0 Å². The maximum atomic E-state index is 4.93. The van der Waals surface area contributed by atoms with Crippen LogP contribution in [0.25, 0.3) is 55.2 Å². The minimum absolute atomic E-state index is 0.704. The van der Waals surface area contributed by atoms with Gasteiger partial charge < -0.3 is 4.98 Å². The van der Waals surface area contributed by atoms with Crippen LogP contribution < -0.4 is 0 Å². The van der Waals surface area contributed by atoms with E-state index in [9.17, 15) is 0 Å². The number of aromatic amines is 2. The fourth-order valence-electron chi connectivity index (χ4n) is 4.83. The Kier molecular flexibility index (Phi) is 4.88. The topological polar surface area (TPSA) is 99.3 Å². The van der Waals surface area contributed by atoms with Gasteiger partial charge in [0.25, 0.3) is 0 Å². The number of H-pyrrole nitrogens is 2. The minimum Gasteiger partial charge on any atom is -0.335 e. The Hall–Kier alpha value is -3.95. The minimum atomic E-state index is 0.704. The number of hydrogen-bond donors (Lipinski definition) is 2. The van der Waals surface area contributed by atoms with Crippen LogP contribution in [0, 0.1) is 0 Å².